The Balaban J connectivity index is 1.50. The largest absolute Gasteiger partial charge is 0.376 e. The Morgan fingerprint density at radius 3 is 2.91 bits per heavy atom. The fourth-order valence-corrected chi connectivity index (χ4v) is 4.34. The Hall–Kier alpha value is -1.11. The first-order valence-electron chi connectivity index (χ1n) is 8.67. The Morgan fingerprint density at radius 2 is 2.26 bits per heavy atom. The van der Waals surface area contributed by atoms with E-state index in [0.717, 1.165) is 32.5 Å². The molecular weight excluding hydrogens is 310 g/mol. The molecule has 2 saturated heterocycles. The molecule has 2 fully saturated rings. The number of nitrogens with zero attached hydrogens (tertiary/aromatic N) is 1. The molecule has 2 aliphatic rings. The van der Waals surface area contributed by atoms with Crippen LogP contribution < -0.4 is 10.6 Å². The first-order chi connectivity index (χ1) is 11.2. The van der Waals surface area contributed by atoms with Crippen molar-refractivity contribution < 1.29 is 9.53 Å². The van der Waals surface area contributed by atoms with E-state index in [9.17, 15) is 4.79 Å². The lowest BCUT2D eigenvalue weighted by Gasteiger charge is -2.27. The predicted molar refractivity (Wildman–Crippen MR) is 92.8 cm³/mol. The molecule has 2 aliphatic heterocycles. The average Bonchev–Trinajstić information content (AvgIpc) is 3.30. The summed E-state index contributed by atoms with van der Waals surface area (Å²) in [6.45, 7) is 5.74. The van der Waals surface area contributed by atoms with Crippen LogP contribution >= 0.6 is 11.3 Å². The van der Waals surface area contributed by atoms with E-state index in [1.54, 1.807) is 11.3 Å². The SMILES string of the molecule is C[C@H](NC(=O)NC[C@@H](c1cccs1)N1CCCC1)[C@@H]1CCCO1. The van der Waals surface area contributed by atoms with Crippen molar-refractivity contribution in [2.24, 2.45) is 0 Å². The van der Waals surface area contributed by atoms with E-state index in [0.29, 0.717) is 12.6 Å². The van der Waals surface area contributed by atoms with Crippen LogP contribution in [0, 0.1) is 0 Å². The summed E-state index contributed by atoms with van der Waals surface area (Å²) in [6, 6.07) is 4.52. The third-order valence-corrected chi connectivity index (χ3v) is 5.76. The van der Waals surface area contributed by atoms with Gasteiger partial charge in [-0.15, -0.1) is 11.3 Å². The first-order valence-corrected chi connectivity index (χ1v) is 9.55. The van der Waals surface area contributed by atoms with Crippen LogP contribution in [0.4, 0.5) is 4.79 Å². The summed E-state index contributed by atoms with van der Waals surface area (Å²) in [6.07, 6.45) is 4.79. The van der Waals surface area contributed by atoms with Crippen LogP contribution in [0.15, 0.2) is 17.5 Å². The summed E-state index contributed by atoms with van der Waals surface area (Å²) >= 11 is 1.77. The van der Waals surface area contributed by atoms with Gasteiger partial charge < -0.3 is 15.4 Å². The Morgan fingerprint density at radius 1 is 1.43 bits per heavy atom. The molecule has 3 rings (SSSR count). The van der Waals surface area contributed by atoms with Crippen molar-refractivity contribution in [3.63, 3.8) is 0 Å². The number of hydrogen-bond donors (Lipinski definition) is 2. The summed E-state index contributed by atoms with van der Waals surface area (Å²) < 4.78 is 5.63. The lowest BCUT2D eigenvalue weighted by Crippen LogP contribution is -2.47. The highest BCUT2D eigenvalue weighted by atomic mass is 32.1. The summed E-state index contributed by atoms with van der Waals surface area (Å²) in [4.78, 5) is 16.0. The monoisotopic (exact) mass is 337 g/mol. The lowest BCUT2D eigenvalue weighted by atomic mass is 10.1. The molecular formula is C17H27N3O2S. The third kappa shape index (κ3) is 4.46. The van der Waals surface area contributed by atoms with Gasteiger partial charge in [-0.25, -0.2) is 4.79 Å². The molecule has 5 nitrogen and oxygen atoms in total. The van der Waals surface area contributed by atoms with E-state index >= 15 is 0 Å². The van der Waals surface area contributed by atoms with Gasteiger partial charge in [-0.2, -0.15) is 0 Å². The van der Waals surface area contributed by atoms with Crippen molar-refractivity contribution in [2.75, 3.05) is 26.2 Å². The van der Waals surface area contributed by atoms with Gasteiger partial charge in [0, 0.05) is 18.0 Å². The molecule has 0 radical (unpaired) electrons. The number of carbonyl (C=O) groups excluding carboxylic acids is 1. The van der Waals surface area contributed by atoms with Crippen LogP contribution in [0.1, 0.15) is 43.5 Å². The maximum Gasteiger partial charge on any atom is 0.315 e. The van der Waals surface area contributed by atoms with E-state index in [2.05, 4.69) is 33.0 Å². The molecule has 0 aromatic carbocycles. The van der Waals surface area contributed by atoms with E-state index in [-0.39, 0.29) is 18.2 Å². The third-order valence-electron chi connectivity index (χ3n) is 4.79. The fraction of sp³-hybridized carbons (Fsp3) is 0.706. The molecule has 23 heavy (non-hydrogen) atoms. The molecule has 6 heteroatoms. The molecule has 0 aliphatic carbocycles. The minimum absolute atomic E-state index is 0.0597. The quantitative estimate of drug-likeness (QED) is 0.839. The van der Waals surface area contributed by atoms with Gasteiger partial charge in [0.05, 0.1) is 18.2 Å². The molecule has 2 N–H and O–H groups in total. The summed E-state index contributed by atoms with van der Waals surface area (Å²) in [5, 5.41) is 8.19. The van der Waals surface area contributed by atoms with Crippen LogP contribution in [-0.2, 0) is 4.74 Å². The van der Waals surface area contributed by atoms with Gasteiger partial charge in [-0.05, 0) is 57.1 Å². The summed E-state index contributed by atoms with van der Waals surface area (Å²) in [5.41, 5.74) is 0. The normalized spacial score (nSPS) is 24.5. The van der Waals surface area contributed by atoms with E-state index < -0.39 is 0 Å². The number of hydrogen-bond acceptors (Lipinski definition) is 4. The first kappa shape index (κ1) is 16.7. The maximum absolute atomic E-state index is 12.2. The Bertz CT molecular complexity index is 482. The predicted octanol–water partition coefficient (Wildman–Crippen LogP) is 2.75. The number of thiophene rings is 1. The lowest BCUT2D eigenvalue weighted by molar-refractivity contribution is 0.0859. The molecule has 1 aromatic heterocycles. The van der Waals surface area contributed by atoms with Gasteiger partial charge in [0.15, 0.2) is 0 Å². The molecule has 3 atom stereocenters. The summed E-state index contributed by atoms with van der Waals surface area (Å²) in [7, 11) is 0. The highest BCUT2D eigenvalue weighted by Crippen LogP contribution is 2.27. The van der Waals surface area contributed by atoms with Crippen LogP contribution in [0.2, 0.25) is 0 Å². The molecule has 0 bridgehead atoms. The van der Waals surface area contributed by atoms with Gasteiger partial charge in [0.2, 0.25) is 0 Å². The maximum atomic E-state index is 12.2. The summed E-state index contributed by atoms with van der Waals surface area (Å²) in [5.74, 6) is 0. The smallest absolute Gasteiger partial charge is 0.315 e. The van der Waals surface area contributed by atoms with Crippen molar-refractivity contribution in [3.8, 4) is 0 Å². The van der Waals surface area contributed by atoms with Crippen molar-refractivity contribution in [3.05, 3.63) is 22.4 Å². The molecule has 2 amide bonds. The van der Waals surface area contributed by atoms with Crippen LogP contribution in [0.5, 0.6) is 0 Å². The minimum atomic E-state index is -0.0891. The van der Waals surface area contributed by atoms with Crippen LogP contribution in [0.3, 0.4) is 0 Å². The zero-order valence-electron chi connectivity index (χ0n) is 13.8. The van der Waals surface area contributed by atoms with Crippen molar-refractivity contribution in [1.29, 1.82) is 0 Å². The van der Waals surface area contributed by atoms with Crippen molar-refractivity contribution in [2.45, 2.75) is 50.8 Å². The molecule has 3 heterocycles. The number of amides is 2. The van der Waals surface area contributed by atoms with Gasteiger partial charge in [-0.3, -0.25) is 4.90 Å². The second-order valence-electron chi connectivity index (χ2n) is 6.47. The molecule has 0 spiro atoms. The molecule has 128 valence electrons. The van der Waals surface area contributed by atoms with E-state index in [1.165, 1.54) is 17.7 Å². The Kier molecular flexibility index (Phi) is 5.91. The van der Waals surface area contributed by atoms with Crippen molar-refractivity contribution >= 4 is 17.4 Å². The van der Waals surface area contributed by atoms with E-state index in [1.807, 2.05) is 6.92 Å². The standard InChI is InChI=1S/C17H27N3O2S/c1-13(15-6-4-10-22-15)19-17(21)18-12-14(16-7-5-11-23-16)20-8-2-3-9-20/h5,7,11,13-15H,2-4,6,8-10,12H2,1H3,(H2,18,19,21)/t13-,14-,15-/m0/s1. The van der Waals surface area contributed by atoms with Gasteiger partial charge in [0.25, 0.3) is 0 Å². The zero-order valence-corrected chi connectivity index (χ0v) is 14.6. The minimum Gasteiger partial charge on any atom is -0.376 e. The number of ether oxygens (including phenoxy) is 1. The van der Waals surface area contributed by atoms with Crippen LogP contribution in [0.25, 0.3) is 0 Å². The average molecular weight is 337 g/mol. The zero-order chi connectivity index (χ0) is 16.1. The highest BCUT2D eigenvalue weighted by molar-refractivity contribution is 7.10. The highest BCUT2D eigenvalue weighted by Gasteiger charge is 2.26. The van der Waals surface area contributed by atoms with Gasteiger partial charge >= 0.3 is 6.03 Å². The second kappa shape index (κ2) is 8.13. The van der Waals surface area contributed by atoms with Crippen LogP contribution in [-0.4, -0.2) is 49.3 Å². The molecule has 0 saturated carbocycles. The number of rotatable bonds is 6. The van der Waals surface area contributed by atoms with Crippen molar-refractivity contribution in [1.82, 2.24) is 15.5 Å². The Labute approximate surface area is 142 Å². The second-order valence-corrected chi connectivity index (χ2v) is 7.45. The number of urea groups is 1. The van der Waals surface area contributed by atoms with Gasteiger partial charge in [0.1, 0.15) is 0 Å². The molecule has 0 unspecified atom stereocenters. The number of likely N-dealkylation sites (tertiary alicyclic amines) is 1. The van der Waals surface area contributed by atoms with E-state index in [4.69, 9.17) is 4.74 Å². The topological polar surface area (TPSA) is 53.6 Å². The molecule has 1 aromatic rings. The van der Waals surface area contributed by atoms with Gasteiger partial charge in [-0.1, -0.05) is 6.07 Å². The number of nitrogens with one attached hydrogen (secondary N) is 2. The number of carbonyl (C=O) groups is 1. The fourth-order valence-electron chi connectivity index (χ4n) is 3.48.